The predicted molar refractivity (Wildman–Crippen MR) is 153 cm³/mol. The van der Waals surface area contributed by atoms with Gasteiger partial charge in [-0.3, -0.25) is 0 Å². The first-order valence-corrected chi connectivity index (χ1v) is 13.3. The molecule has 0 saturated carbocycles. The van der Waals surface area contributed by atoms with Gasteiger partial charge in [0.25, 0.3) is 6.29 Å². The van der Waals surface area contributed by atoms with Crippen molar-refractivity contribution in [3.8, 4) is 23.0 Å². The van der Waals surface area contributed by atoms with Gasteiger partial charge in [0.15, 0.2) is 0 Å². The number of hydrogen-bond donors (Lipinski definition) is 0. The Balaban J connectivity index is 1.49. The highest BCUT2D eigenvalue weighted by molar-refractivity contribution is 5.91. The number of benzene rings is 3. The molecule has 0 aliphatic heterocycles. The standard InChI is InChI=1S/C32H32O11/c1-6-8-29(42-28(33)7-2)43-32(36)41-25-15-11-22(12-16-25)30(34)39-21(4)38-24-13-9-23(10-14-24)31(35)40-26-17-18-27(37-5)20(3)19-26/h7,9-19,21,29H,2,6,8H2,1,3-5H3. The van der Waals surface area contributed by atoms with Crippen molar-refractivity contribution in [3.63, 3.8) is 0 Å². The molecule has 3 rings (SSSR count). The second-order valence-corrected chi connectivity index (χ2v) is 8.99. The fourth-order valence-corrected chi connectivity index (χ4v) is 3.63. The van der Waals surface area contributed by atoms with Gasteiger partial charge in [0, 0.05) is 19.4 Å². The normalized spacial score (nSPS) is 11.7. The largest absolute Gasteiger partial charge is 0.516 e. The summed E-state index contributed by atoms with van der Waals surface area (Å²) in [6.45, 7) is 8.50. The lowest BCUT2D eigenvalue weighted by molar-refractivity contribution is -0.164. The molecule has 0 amide bonds. The van der Waals surface area contributed by atoms with Crippen molar-refractivity contribution in [2.24, 2.45) is 0 Å². The molecule has 2 atom stereocenters. The van der Waals surface area contributed by atoms with E-state index in [1.165, 1.54) is 43.3 Å². The van der Waals surface area contributed by atoms with E-state index in [-0.39, 0.29) is 17.7 Å². The van der Waals surface area contributed by atoms with E-state index >= 15 is 0 Å². The second kappa shape index (κ2) is 15.6. The van der Waals surface area contributed by atoms with Gasteiger partial charge in [0.2, 0.25) is 6.29 Å². The highest BCUT2D eigenvalue weighted by Crippen LogP contribution is 2.24. The molecule has 11 nitrogen and oxygen atoms in total. The number of esters is 3. The minimum absolute atomic E-state index is 0.0943. The summed E-state index contributed by atoms with van der Waals surface area (Å²) >= 11 is 0. The van der Waals surface area contributed by atoms with Gasteiger partial charge in [0.05, 0.1) is 18.2 Å². The highest BCUT2D eigenvalue weighted by atomic mass is 16.8. The molecule has 0 heterocycles. The van der Waals surface area contributed by atoms with Crippen LogP contribution in [-0.2, 0) is 19.0 Å². The molecule has 0 aromatic heterocycles. The number of carbonyl (C=O) groups is 4. The smallest absolute Gasteiger partial charge is 0.496 e. The minimum Gasteiger partial charge on any atom is -0.496 e. The molecule has 0 aliphatic rings. The van der Waals surface area contributed by atoms with E-state index in [0.717, 1.165) is 11.6 Å². The van der Waals surface area contributed by atoms with Crippen LogP contribution < -0.4 is 18.9 Å². The predicted octanol–water partition coefficient (Wildman–Crippen LogP) is 6.18. The zero-order valence-electron chi connectivity index (χ0n) is 24.2. The third-order valence-electron chi connectivity index (χ3n) is 5.70. The van der Waals surface area contributed by atoms with Crippen LogP contribution in [0.25, 0.3) is 0 Å². The summed E-state index contributed by atoms with van der Waals surface area (Å²) in [5.41, 5.74) is 1.30. The average molecular weight is 593 g/mol. The van der Waals surface area contributed by atoms with E-state index in [2.05, 4.69) is 6.58 Å². The molecule has 226 valence electrons. The molecule has 2 unspecified atom stereocenters. The molecule has 0 spiro atoms. The summed E-state index contributed by atoms with van der Waals surface area (Å²) in [5, 5.41) is 0. The number of carbonyl (C=O) groups excluding carboxylic acids is 4. The van der Waals surface area contributed by atoms with Gasteiger partial charge in [-0.2, -0.15) is 0 Å². The van der Waals surface area contributed by atoms with Crippen molar-refractivity contribution < 1.29 is 52.3 Å². The first-order chi connectivity index (χ1) is 20.6. The van der Waals surface area contributed by atoms with Gasteiger partial charge >= 0.3 is 24.1 Å². The Labute approximate surface area is 248 Å². The Bertz CT molecular complexity index is 1430. The minimum atomic E-state index is -1.12. The number of rotatable bonds is 13. The van der Waals surface area contributed by atoms with Gasteiger partial charge in [-0.1, -0.05) is 13.5 Å². The summed E-state index contributed by atoms with van der Waals surface area (Å²) in [6, 6.07) is 16.7. The van der Waals surface area contributed by atoms with E-state index in [4.69, 9.17) is 33.2 Å². The van der Waals surface area contributed by atoms with Gasteiger partial charge in [-0.05, 0) is 85.6 Å². The first-order valence-electron chi connectivity index (χ1n) is 13.3. The number of aryl methyl sites for hydroxylation is 1. The van der Waals surface area contributed by atoms with Crippen molar-refractivity contribution in [1.29, 1.82) is 0 Å². The Morgan fingerprint density at radius 2 is 1.40 bits per heavy atom. The number of methoxy groups -OCH3 is 1. The molecule has 0 fully saturated rings. The molecule has 11 heteroatoms. The molecule has 0 N–H and O–H groups in total. The SMILES string of the molecule is C=CC(=O)OC(CCC)OC(=O)Oc1ccc(C(=O)OC(C)Oc2ccc(C(=O)Oc3ccc(OC)c(C)c3)cc2)cc1. The van der Waals surface area contributed by atoms with E-state index < -0.39 is 36.6 Å². The summed E-state index contributed by atoms with van der Waals surface area (Å²) < 4.78 is 36.6. The topological polar surface area (TPSA) is 133 Å². The van der Waals surface area contributed by atoms with Gasteiger partial charge in [-0.25, -0.2) is 19.2 Å². The summed E-state index contributed by atoms with van der Waals surface area (Å²) in [4.78, 5) is 48.5. The van der Waals surface area contributed by atoms with Gasteiger partial charge in [-0.15, -0.1) is 0 Å². The van der Waals surface area contributed by atoms with Crippen LogP contribution in [0.4, 0.5) is 4.79 Å². The average Bonchev–Trinajstić information content (AvgIpc) is 2.97. The van der Waals surface area contributed by atoms with Crippen LogP contribution in [0.15, 0.2) is 79.4 Å². The molecular weight excluding hydrogens is 560 g/mol. The van der Waals surface area contributed by atoms with E-state index in [9.17, 15) is 19.2 Å². The highest BCUT2D eigenvalue weighted by Gasteiger charge is 2.20. The lowest BCUT2D eigenvalue weighted by Gasteiger charge is -2.16. The van der Waals surface area contributed by atoms with E-state index in [0.29, 0.717) is 29.2 Å². The van der Waals surface area contributed by atoms with Gasteiger partial charge in [0.1, 0.15) is 23.0 Å². The first kappa shape index (κ1) is 32.2. The third-order valence-corrected chi connectivity index (χ3v) is 5.70. The molecule has 0 radical (unpaired) electrons. The summed E-state index contributed by atoms with van der Waals surface area (Å²) in [6.07, 6.45) is -1.34. The van der Waals surface area contributed by atoms with Crippen molar-refractivity contribution in [2.75, 3.05) is 7.11 Å². The quantitative estimate of drug-likeness (QED) is 0.0741. The van der Waals surface area contributed by atoms with E-state index in [1.807, 2.05) is 13.8 Å². The van der Waals surface area contributed by atoms with Crippen LogP contribution in [-0.4, -0.2) is 43.8 Å². The molecule has 3 aromatic rings. The maximum absolute atomic E-state index is 12.5. The Hall–Kier alpha value is -5.32. The second-order valence-electron chi connectivity index (χ2n) is 8.99. The lowest BCUT2D eigenvalue weighted by atomic mass is 10.2. The van der Waals surface area contributed by atoms with Gasteiger partial charge < -0.3 is 33.2 Å². The van der Waals surface area contributed by atoms with Crippen LogP contribution in [0.2, 0.25) is 0 Å². The fourth-order valence-electron chi connectivity index (χ4n) is 3.63. The molecular formula is C32H32O11. The molecule has 0 saturated heterocycles. The molecule has 43 heavy (non-hydrogen) atoms. The summed E-state index contributed by atoms with van der Waals surface area (Å²) in [7, 11) is 1.56. The van der Waals surface area contributed by atoms with Crippen molar-refractivity contribution >= 4 is 24.1 Å². The number of ether oxygens (including phenoxy) is 7. The monoisotopic (exact) mass is 592 g/mol. The van der Waals surface area contributed by atoms with Crippen LogP contribution in [0.3, 0.4) is 0 Å². The Morgan fingerprint density at radius 3 is 1.98 bits per heavy atom. The van der Waals surface area contributed by atoms with Crippen LogP contribution in [0, 0.1) is 6.92 Å². The van der Waals surface area contributed by atoms with Crippen LogP contribution in [0.1, 0.15) is 53.0 Å². The third kappa shape index (κ3) is 9.92. The maximum Gasteiger partial charge on any atom is 0.516 e. The summed E-state index contributed by atoms with van der Waals surface area (Å²) in [5.74, 6) is -0.437. The number of hydrogen-bond acceptors (Lipinski definition) is 11. The lowest BCUT2D eigenvalue weighted by Crippen LogP contribution is -2.25. The van der Waals surface area contributed by atoms with Crippen molar-refractivity contribution in [1.82, 2.24) is 0 Å². The Kier molecular flexibility index (Phi) is 11.7. The molecule has 0 bridgehead atoms. The van der Waals surface area contributed by atoms with Crippen LogP contribution >= 0.6 is 0 Å². The Morgan fingerprint density at radius 1 is 0.791 bits per heavy atom. The fraction of sp³-hybridized carbons (Fsp3) is 0.250. The van der Waals surface area contributed by atoms with E-state index in [1.54, 1.807) is 37.4 Å². The molecule has 3 aromatic carbocycles. The molecule has 0 aliphatic carbocycles. The van der Waals surface area contributed by atoms with Crippen molar-refractivity contribution in [2.45, 2.75) is 46.2 Å². The van der Waals surface area contributed by atoms with Crippen molar-refractivity contribution in [3.05, 3.63) is 96.1 Å². The van der Waals surface area contributed by atoms with Crippen LogP contribution in [0.5, 0.6) is 23.0 Å². The zero-order chi connectivity index (χ0) is 31.4. The maximum atomic E-state index is 12.5. The zero-order valence-corrected chi connectivity index (χ0v) is 24.2.